The summed E-state index contributed by atoms with van der Waals surface area (Å²) in [6.07, 6.45) is 2.06. The van der Waals surface area contributed by atoms with Gasteiger partial charge in [0.1, 0.15) is 12.1 Å². The van der Waals surface area contributed by atoms with E-state index in [2.05, 4.69) is 26.1 Å². The van der Waals surface area contributed by atoms with Crippen molar-refractivity contribution in [2.24, 2.45) is 11.3 Å². The molecule has 7 nitrogen and oxygen atoms in total. The van der Waals surface area contributed by atoms with Crippen molar-refractivity contribution in [1.29, 1.82) is 0 Å². The van der Waals surface area contributed by atoms with Gasteiger partial charge in [0.15, 0.2) is 6.61 Å². The lowest BCUT2D eigenvalue weighted by molar-refractivity contribution is -0.147. The van der Waals surface area contributed by atoms with Crippen LogP contribution in [0.3, 0.4) is 0 Å². The Morgan fingerprint density at radius 1 is 1.10 bits per heavy atom. The van der Waals surface area contributed by atoms with E-state index in [0.29, 0.717) is 18.4 Å². The molecule has 2 aliphatic rings. The quantitative estimate of drug-likeness (QED) is 0.440. The third kappa shape index (κ3) is 4.65. The Morgan fingerprint density at radius 2 is 1.74 bits per heavy atom. The molecule has 1 aliphatic carbocycles. The minimum Gasteiger partial charge on any atom is -0.456 e. The molecule has 3 amide bonds. The van der Waals surface area contributed by atoms with E-state index in [1.807, 2.05) is 26.8 Å². The molecule has 1 aliphatic heterocycles. The Balaban J connectivity index is 1.63. The molecule has 1 saturated carbocycles. The van der Waals surface area contributed by atoms with Gasteiger partial charge in [-0.1, -0.05) is 26.8 Å². The van der Waals surface area contributed by atoms with Crippen LogP contribution in [0, 0.1) is 32.1 Å². The molecule has 1 saturated heterocycles. The van der Waals surface area contributed by atoms with Crippen LogP contribution in [0.25, 0.3) is 0 Å². The van der Waals surface area contributed by atoms with E-state index in [1.54, 1.807) is 6.07 Å². The van der Waals surface area contributed by atoms with Crippen LogP contribution in [0.15, 0.2) is 12.1 Å². The number of esters is 1. The van der Waals surface area contributed by atoms with Gasteiger partial charge in [-0.2, -0.15) is 0 Å². The smallest absolute Gasteiger partial charge is 0.326 e. The number of ether oxygens (including phenoxy) is 1. The second kappa shape index (κ2) is 8.09. The van der Waals surface area contributed by atoms with Gasteiger partial charge in [0.25, 0.3) is 5.91 Å². The normalized spacial score (nSPS) is 25.0. The number of amides is 3. The SMILES string of the molecule is Cc1cc(C)c(C(=O)COC(=O)CN2C(=O)NC3(CC(C)CC(C)(C)C3)C2=O)cc1C. The molecule has 7 heteroatoms. The van der Waals surface area contributed by atoms with E-state index in [-0.39, 0.29) is 23.0 Å². The molecule has 2 unspecified atom stereocenters. The summed E-state index contributed by atoms with van der Waals surface area (Å²) >= 11 is 0. The predicted molar refractivity (Wildman–Crippen MR) is 116 cm³/mol. The van der Waals surface area contributed by atoms with Gasteiger partial charge in [0, 0.05) is 5.56 Å². The van der Waals surface area contributed by atoms with Crippen LogP contribution in [-0.2, 0) is 14.3 Å². The van der Waals surface area contributed by atoms with Crippen molar-refractivity contribution in [2.45, 2.75) is 66.3 Å². The van der Waals surface area contributed by atoms with Crippen LogP contribution < -0.4 is 5.32 Å². The molecular weight excluding hydrogens is 396 g/mol. The number of hydrogen-bond acceptors (Lipinski definition) is 5. The number of urea groups is 1. The van der Waals surface area contributed by atoms with Crippen LogP contribution in [0.2, 0.25) is 0 Å². The Kier molecular flexibility index (Phi) is 6.00. The molecule has 2 atom stereocenters. The van der Waals surface area contributed by atoms with Crippen molar-refractivity contribution in [3.8, 4) is 0 Å². The number of Topliss-reactive ketones (excluding diaryl/α,β-unsaturated/α-hetero) is 1. The van der Waals surface area contributed by atoms with Crippen molar-refractivity contribution in [2.75, 3.05) is 13.2 Å². The van der Waals surface area contributed by atoms with Crippen molar-refractivity contribution < 1.29 is 23.9 Å². The highest BCUT2D eigenvalue weighted by Crippen LogP contribution is 2.46. The minimum absolute atomic E-state index is 0.0897. The molecular formula is C24H32N2O5. The molecule has 1 N–H and O–H groups in total. The number of carbonyl (C=O) groups is 4. The Bertz CT molecular complexity index is 952. The highest BCUT2D eigenvalue weighted by Gasteiger charge is 2.56. The zero-order chi connectivity index (χ0) is 23.1. The number of carbonyl (C=O) groups excluding carboxylic acids is 4. The monoisotopic (exact) mass is 428 g/mol. The minimum atomic E-state index is -0.967. The average Bonchev–Trinajstić information content (AvgIpc) is 2.84. The van der Waals surface area contributed by atoms with Crippen LogP contribution in [0.5, 0.6) is 0 Å². The number of imide groups is 1. The molecule has 3 rings (SSSR count). The molecule has 168 valence electrons. The molecule has 1 spiro atoms. The number of benzene rings is 1. The van der Waals surface area contributed by atoms with Gasteiger partial charge >= 0.3 is 12.0 Å². The van der Waals surface area contributed by atoms with Gasteiger partial charge in [0.2, 0.25) is 5.78 Å². The maximum atomic E-state index is 13.1. The highest BCUT2D eigenvalue weighted by atomic mass is 16.5. The van der Waals surface area contributed by atoms with E-state index < -0.39 is 30.7 Å². The summed E-state index contributed by atoms with van der Waals surface area (Å²) in [7, 11) is 0. The molecule has 1 heterocycles. The third-order valence-electron chi connectivity index (χ3n) is 6.42. The summed E-state index contributed by atoms with van der Waals surface area (Å²) in [4.78, 5) is 51.4. The first-order chi connectivity index (χ1) is 14.3. The largest absolute Gasteiger partial charge is 0.456 e. The second-order valence-electron chi connectivity index (χ2n) is 10.1. The lowest BCUT2D eigenvalue weighted by atomic mass is 9.64. The van der Waals surface area contributed by atoms with E-state index in [4.69, 9.17) is 4.74 Å². The van der Waals surface area contributed by atoms with Gasteiger partial charge in [0.05, 0.1) is 0 Å². The zero-order valence-electron chi connectivity index (χ0n) is 19.3. The number of nitrogens with one attached hydrogen (secondary N) is 1. The number of rotatable bonds is 5. The molecule has 0 radical (unpaired) electrons. The summed E-state index contributed by atoms with van der Waals surface area (Å²) in [6.45, 7) is 11.0. The van der Waals surface area contributed by atoms with Crippen LogP contribution >= 0.6 is 0 Å². The summed E-state index contributed by atoms with van der Waals surface area (Å²) < 4.78 is 5.12. The molecule has 1 aromatic rings. The van der Waals surface area contributed by atoms with Gasteiger partial charge in [-0.3, -0.25) is 19.3 Å². The summed E-state index contributed by atoms with van der Waals surface area (Å²) in [5.74, 6) is -1.20. The first kappa shape index (κ1) is 23.0. The molecule has 1 aromatic carbocycles. The lowest BCUT2D eigenvalue weighted by Gasteiger charge is -2.43. The summed E-state index contributed by atoms with van der Waals surface area (Å²) in [5, 5.41) is 2.83. The Morgan fingerprint density at radius 3 is 2.39 bits per heavy atom. The molecule has 0 bridgehead atoms. The fourth-order valence-electron chi connectivity index (χ4n) is 5.31. The molecule has 31 heavy (non-hydrogen) atoms. The number of nitrogens with zero attached hydrogens (tertiary/aromatic N) is 1. The number of aryl methyl sites for hydroxylation is 3. The van der Waals surface area contributed by atoms with Gasteiger partial charge in [-0.25, -0.2) is 4.79 Å². The lowest BCUT2D eigenvalue weighted by Crippen LogP contribution is -2.54. The summed E-state index contributed by atoms with van der Waals surface area (Å²) in [5.41, 5.74) is 2.32. The zero-order valence-corrected chi connectivity index (χ0v) is 19.3. The predicted octanol–water partition coefficient (Wildman–Crippen LogP) is 3.47. The maximum absolute atomic E-state index is 13.1. The number of hydrogen-bond donors (Lipinski definition) is 1. The van der Waals surface area contributed by atoms with Gasteiger partial charge in [-0.05, 0) is 74.1 Å². The topological polar surface area (TPSA) is 92.8 Å². The van der Waals surface area contributed by atoms with E-state index in [0.717, 1.165) is 28.0 Å². The average molecular weight is 429 g/mol. The summed E-state index contributed by atoms with van der Waals surface area (Å²) in [6, 6.07) is 3.13. The van der Waals surface area contributed by atoms with E-state index in [9.17, 15) is 19.2 Å². The molecule has 2 fully saturated rings. The first-order valence-corrected chi connectivity index (χ1v) is 10.7. The highest BCUT2D eigenvalue weighted by molar-refractivity contribution is 6.09. The molecule has 0 aromatic heterocycles. The van der Waals surface area contributed by atoms with Crippen LogP contribution in [0.1, 0.15) is 67.1 Å². The second-order valence-corrected chi connectivity index (χ2v) is 10.1. The van der Waals surface area contributed by atoms with E-state index in [1.165, 1.54) is 0 Å². The number of ketones is 1. The van der Waals surface area contributed by atoms with Crippen molar-refractivity contribution in [1.82, 2.24) is 10.2 Å². The first-order valence-electron chi connectivity index (χ1n) is 10.7. The van der Waals surface area contributed by atoms with Gasteiger partial charge in [-0.15, -0.1) is 0 Å². The Labute approximate surface area is 183 Å². The fraction of sp³-hybridized carbons (Fsp3) is 0.583. The van der Waals surface area contributed by atoms with Crippen LogP contribution in [-0.4, -0.2) is 47.3 Å². The maximum Gasteiger partial charge on any atom is 0.326 e. The van der Waals surface area contributed by atoms with Crippen molar-refractivity contribution in [3.63, 3.8) is 0 Å². The van der Waals surface area contributed by atoms with Gasteiger partial charge < -0.3 is 10.1 Å². The Hall–Kier alpha value is -2.70. The third-order valence-corrected chi connectivity index (χ3v) is 6.42. The van der Waals surface area contributed by atoms with E-state index >= 15 is 0 Å². The van der Waals surface area contributed by atoms with Crippen molar-refractivity contribution >= 4 is 23.7 Å². The fourth-order valence-corrected chi connectivity index (χ4v) is 5.31. The standard InChI is InChI=1S/C24H32N2O5/c1-14-9-23(5,6)13-24(10-14)21(29)26(22(30)25-24)11-20(28)31-12-19(27)18-8-16(3)15(2)7-17(18)4/h7-8,14H,9-13H2,1-6H3,(H,25,30). The van der Waals surface area contributed by atoms with Crippen LogP contribution in [0.4, 0.5) is 4.79 Å². The van der Waals surface area contributed by atoms with Crippen molar-refractivity contribution in [3.05, 3.63) is 34.4 Å².